The van der Waals surface area contributed by atoms with Gasteiger partial charge in [0.2, 0.25) is 5.76 Å². The van der Waals surface area contributed by atoms with Crippen LogP contribution in [0.3, 0.4) is 0 Å². The van der Waals surface area contributed by atoms with Crippen LogP contribution in [0.1, 0.15) is 47.6 Å². The number of carbonyl (C=O) groups excluding carboxylic acids is 2. The van der Waals surface area contributed by atoms with Crippen molar-refractivity contribution < 1.29 is 32.7 Å². The first-order valence-electron chi connectivity index (χ1n) is 11.8. The van der Waals surface area contributed by atoms with Crippen molar-refractivity contribution >= 4 is 23.5 Å². The van der Waals surface area contributed by atoms with Crippen LogP contribution in [-0.2, 0) is 0 Å². The molecule has 4 rings (SSSR count). The quantitative estimate of drug-likeness (QED) is 0.322. The highest BCUT2D eigenvalue weighted by atomic mass is 35.5. The Bertz CT molecular complexity index is 1520. The number of halogens is 2. The third kappa shape index (κ3) is 5.98. The molecule has 0 aliphatic heterocycles. The van der Waals surface area contributed by atoms with E-state index in [1.54, 1.807) is 33.0 Å². The number of aryl methyl sites for hydroxylation is 2. The van der Waals surface area contributed by atoms with Gasteiger partial charge < -0.3 is 14.6 Å². The van der Waals surface area contributed by atoms with E-state index in [0.29, 0.717) is 22.7 Å². The van der Waals surface area contributed by atoms with E-state index < -0.39 is 23.8 Å². The number of aromatic amines is 1. The zero-order valence-corrected chi connectivity index (χ0v) is 22.5. The van der Waals surface area contributed by atoms with Gasteiger partial charge in [-0.15, -0.1) is 0 Å². The monoisotopic (exact) mass is 558 g/mol. The normalized spacial score (nSPS) is 11.7. The van der Waals surface area contributed by atoms with Crippen LogP contribution in [0.2, 0.25) is 5.02 Å². The standard InChI is InChI=1S/C25H25ClFN7O5/c1-6-34(31-24(35)19-10-20(37-5)32-39-19)25(36)29-13(3)22-12(2)7-15(11-28-22)17-8-16(26)9-18(27)21(17)23-30-14(4)38-33-23/h7-11,13H,6H2,1-5H3,(H,29,36)(H,31,35)/p+1/t13-/m1/s1. The number of pyridine rings is 1. The first-order valence-corrected chi connectivity index (χ1v) is 12.2. The summed E-state index contributed by atoms with van der Waals surface area (Å²) in [5.41, 5.74) is 5.00. The predicted molar refractivity (Wildman–Crippen MR) is 136 cm³/mol. The van der Waals surface area contributed by atoms with Crippen LogP contribution < -0.4 is 20.5 Å². The number of nitrogens with zero attached hydrogens (tertiary/aromatic N) is 4. The minimum Gasteiger partial charge on any atom is -0.479 e. The van der Waals surface area contributed by atoms with Gasteiger partial charge in [0.25, 0.3) is 5.88 Å². The average molecular weight is 559 g/mol. The van der Waals surface area contributed by atoms with Crippen molar-refractivity contribution in [1.82, 2.24) is 31.0 Å². The van der Waals surface area contributed by atoms with Gasteiger partial charge in [0.05, 0.1) is 24.9 Å². The molecule has 0 fully saturated rings. The molecule has 0 aliphatic rings. The van der Waals surface area contributed by atoms with E-state index in [2.05, 4.69) is 31.0 Å². The molecule has 3 amide bonds. The molecule has 0 saturated heterocycles. The van der Waals surface area contributed by atoms with Crippen molar-refractivity contribution in [3.8, 4) is 28.4 Å². The number of amides is 3. The number of methoxy groups -OCH3 is 1. The van der Waals surface area contributed by atoms with Gasteiger partial charge in [0.15, 0.2) is 5.16 Å². The smallest absolute Gasteiger partial charge is 0.381 e. The minimum atomic E-state index is -0.668. The van der Waals surface area contributed by atoms with Gasteiger partial charge in [-0.1, -0.05) is 11.6 Å². The Morgan fingerprint density at radius 2 is 1.97 bits per heavy atom. The van der Waals surface area contributed by atoms with Gasteiger partial charge in [-0.05, 0) is 49.7 Å². The predicted octanol–water partition coefficient (Wildman–Crippen LogP) is 4.06. The van der Waals surface area contributed by atoms with E-state index in [9.17, 15) is 14.0 Å². The first-order chi connectivity index (χ1) is 18.6. The van der Waals surface area contributed by atoms with Crippen LogP contribution in [0.5, 0.6) is 5.88 Å². The van der Waals surface area contributed by atoms with Gasteiger partial charge in [-0.2, -0.15) is 0 Å². The highest BCUT2D eigenvalue weighted by Crippen LogP contribution is 2.35. The van der Waals surface area contributed by atoms with Crippen molar-refractivity contribution in [1.29, 1.82) is 0 Å². The molecule has 0 aliphatic carbocycles. The molecule has 1 aromatic carbocycles. The van der Waals surface area contributed by atoms with E-state index >= 15 is 0 Å². The Balaban J connectivity index is 1.53. The summed E-state index contributed by atoms with van der Waals surface area (Å²) in [5.74, 6) is -0.599. The molecular weight excluding hydrogens is 533 g/mol. The van der Waals surface area contributed by atoms with E-state index in [1.807, 2.05) is 13.0 Å². The maximum absolute atomic E-state index is 15.0. The number of H-pyrrole nitrogens is 1. The maximum atomic E-state index is 15.0. The highest BCUT2D eigenvalue weighted by Gasteiger charge is 2.26. The van der Waals surface area contributed by atoms with Crippen LogP contribution in [-0.4, -0.2) is 45.9 Å². The molecule has 39 heavy (non-hydrogen) atoms. The van der Waals surface area contributed by atoms with Crippen LogP contribution >= 0.6 is 11.6 Å². The summed E-state index contributed by atoms with van der Waals surface area (Å²) in [6.45, 7) is 7.10. The number of benzene rings is 1. The third-order valence-corrected chi connectivity index (χ3v) is 5.98. The van der Waals surface area contributed by atoms with Gasteiger partial charge in [-0.3, -0.25) is 15.2 Å². The number of rotatable bonds is 7. The highest BCUT2D eigenvalue weighted by molar-refractivity contribution is 6.31. The second-order valence-electron chi connectivity index (χ2n) is 8.54. The Labute approximate surface area is 227 Å². The number of hydrazine groups is 1. The van der Waals surface area contributed by atoms with Crippen molar-refractivity contribution in [2.24, 2.45) is 0 Å². The summed E-state index contributed by atoms with van der Waals surface area (Å²) in [4.78, 5) is 32.7. The second-order valence-corrected chi connectivity index (χ2v) is 8.97. The molecule has 14 heteroatoms. The lowest BCUT2D eigenvalue weighted by molar-refractivity contribution is -0.382. The number of urea groups is 1. The fraction of sp³-hybridized carbons (Fsp3) is 0.280. The van der Waals surface area contributed by atoms with Gasteiger partial charge >= 0.3 is 23.7 Å². The van der Waals surface area contributed by atoms with Crippen LogP contribution in [0, 0.1) is 19.7 Å². The molecule has 3 heterocycles. The summed E-state index contributed by atoms with van der Waals surface area (Å²) in [5, 5.41) is 11.6. The lowest BCUT2D eigenvalue weighted by atomic mass is 9.97. The minimum absolute atomic E-state index is 0.116. The first kappa shape index (κ1) is 27.5. The summed E-state index contributed by atoms with van der Waals surface area (Å²) in [6.07, 6.45) is 1.56. The molecule has 3 N–H and O–H groups in total. The Hall–Kier alpha value is -4.52. The molecule has 3 aromatic heterocycles. The number of aromatic nitrogens is 4. The molecule has 0 saturated carbocycles. The van der Waals surface area contributed by atoms with Crippen LogP contribution in [0.15, 0.2) is 39.5 Å². The van der Waals surface area contributed by atoms with Crippen molar-refractivity contribution in [3.05, 3.63) is 64.2 Å². The number of carbonyl (C=O) groups is 2. The van der Waals surface area contributed by atoms with Gasteiger partial charge in [0.1, 0.15) is 11.4 Å². The number of nitrogens with one attached hydrogen (secondary N) is 3. The van der Waals surface area contributed by atoms with Crippen LogP contribution in [0.4, 0.5) is 9.18 Å². The Morgan fingerprint density at radius 1 is 1.21 bits per heavy atom. The van der Waals surface area contributed by atoms with E-state index in [0.717, 1.165) is 10.6 Å². The fourth-order valence-electron chi connectivity index (χ4n) is 3.91. The van der Waals surface area contributed by atoms with E-state index in [1.165, 1.54) is 19.2 Å². The molecule has 0 radical (unpaired) electrons. The number of hydrogen-bond donors (Lipinski definition) is 2. The zero-order chi connectivity index (χ0) is 28.3. The Kier molecular flexibility index (Phi) is 8.10. The molecular formula is C25H26ClFN7O5+. The summed E-state index contributed by atoms with van der Waals surface area (Å²) in [6, 6.07) is 4.82. The number of hydrogen-bond acceptors (Lipinski definition) is 8. The lowest BCUT2D eigenvalue weighted by Gasteiger charge is -2.24. The SMILES string of the molecule is CCN(NC(=O)c1cc(OC)no1)C(=O)N[C@H](C)c1ncc(-c2cc(Cl)cc(F)c2-c2noc(C)[nH+]2)cc1C. The van der Waals surface area contributed by atoms with E-state index in [-0.39, 0.29) is 34.6 Å². The van der Waals surface area contributed by atoms with Crippen molar-refractivity contribution in [2.75, 3.05) is 13.7 Å². The van der Waals surface area contributed by atoms with Gasteiger partial charge in [0, 0.05) is 35.8 Å². The molecule has 4 aromatic rings. The van der Waals surface area contributed by atoms with E-state index in [4.69, 9.17) is 25.4 Å². The fourth-order valence-corrected chi connectivity index (χ4v) is 4.11. The summed E-state index contributed by atoms with van der Waals surface area (Å²) >= 11 is 6.16. The van der Waals surface area contributed by atoms with Crippen LogP contribution in [0.25, 0.3) is 22.5 Å². The van der Waals surface area contributed by atoms with Crippen molar-refractivity contribution in [3.63, 3.8) is 0 Å². The molecule has 0 unspecified atom stereocenters. The lowest BCUT2D eigenvalue weighted by Crippen LogP contribution is -2.51. The third-order valence-electron chi connectivity index (χ3n) is 5.76. The molecule has 12 nitrogen and oxygen atoms in total. The van der Waals surface area contributed by atoms with Gasteiger partial charge in [-0.25, -0.2) is 23.7 Å². The number of ether oxygens (including phenoxy) is 1. The summed E-state index contributed by atoms with van der Waals surface area (Å²) in [7, 11) is 1.39. The zero-order valence-electron chi connectivity index (χ0n) is 21.8. The topological polar surface area (TPSA) is 150 Å². The molecule has 0 bridgehead atoms. The molecule has 1 atom stereocenters. The summed E-state index contributed by atoms with van der Waals surface area (Å²) < 4.78 is 29.9. The Morgan fingerprint density at radius 3 is 2.59 bits per heavy atom. The maximum Gasteiger partial charge on any atom is 0.381 e. The molecule has 0 spiro atoms. The molecule has 204 valence electrons. The van der Waals surface area contributed by atoms with Crippen molar-refractivity contribution in [2.45, 2.75) is 33.7 Å². The average Bonchev–Trinajstić information content (AvgIpc) is 3.55. The second kappa shape index (κ2) is 11.5. The largest absolute Gasteiger partial charge is 0.479 e.